The van der Waals surface area contributed by atoms with Crippen LogP contribution in [0.3, 0.4) is 0 Å². The number of thiazole rings is 1. The standard InChI is InChI=1S/C13H16N4O2S/c1-3-19-12(18)10-11(14)17(7(2)15-10)13-16-8-5-4-6-9(8)20-13/h3-6,14H2,1-2H3. The van der Waals surface area contributed by atoms with Crippen LogP contribution in [0.1, 0.15) is 40.2 Å². The summed E-state index contributed by atoms with van der Waals surface area (Å²) in [5, 5.41) is 0.785. The number of imidazole rings is 1. The van der Waals surface area contributed by atoms with E-state index in [1.807, 2.05) is 6.92 Å². The summed E-state index contributed by atoms with van der Waals surface area (Å²) in [5.74, 6) is 0.460. The van der Waals surface area contributed by atoms with E-state index in [9.17, 15) is 4.79 Å². The number of fused-ring (bicyclic) bond motifs is 1. The number of aromatic nitrogens is 3. The van der Waals surface area contributed by atoms with Crippen molar-refractivity contribution in [2.75, 3.05) is 12.3 Å². The maximum atomic E-state index is 11.8. The lowest BCUT2D eigenvalue weighted by atomic mass is 10.4. The van der Waals surface area contributed by atoms with Gasteiger partial charge in [-0.3, -0.25) is 4.57 Å². The van der Waals surface area contributed by atoms with Gasteiger partial charge in [-0.15, -0.1) is 11.3 Å². The number of nitrogen functional groups attached to an aromatic ring is 1. The molecule has 1 aliphatic rings. The van der Waals surface area contributed by atoms with Gasteiger partial charge in [-0.1, -0.05) is 0 Å². The van der Waals surface area contributed by atoms with Gasteiger partial charge in [0.25, 0.3) is 0 Å². The number of esters is 1. The average molecular weight is 292 g/mol. The first kappa shape index (κ1) is 13.1. The molecular formula is C13H16N4O2S. The second kappa shape index (κ2) is 4.90. The van der Waals surface area contributed by atoms with Crippen LogP contribution >= 0.6 is 11.3 Å². The summed E-state index contributed by atoms with van der Waals surface area (Å²) in [6.07, 6.45) is 3.26. The second-order valence-electron chi connectivity index (χ2n) is 4.67. The van der Waals surface area contributed by atoms with E-state index in [1.165, 1.54) is 11.3 Å². The number of carbonyl (C=O) groups excluding carboxylic acids is 1. The third-order valence-corrected chi connectivity index (χ3v) is 4.47. The van der Waals surface area contributed by atoms with E-state index in [2.05, 4.69) is 9.97 Å². The molecule has 0 spiro atoms. The molecular weight excluding hydrogens is 276 g/mol. The number of hydrogen-bond acceptors (Lipinski definition) is 6. The number of nitrogens with two attached hydrogens (primary N) is 1. The van der Waals surface area contributed by atoms with E-state index in [0.29, 0.717) is 18.2 Å². The Morgan fingerprint density at radius 1 is 1.45 bits per heavy atom. The van der Waals surface area contributed by atoms with Gasteiger partial charge in [0.15, 0.2) is 10.8 Å². The van der Waals surface area contributed by atoms with Crippen molar-refractivity contribution in [3.8, 4) is 5.13 Å². The third-order valence-electron chi connectivity index (χ3n) is 3.33. The van der Waals surface area contributed by atoms with Crippen molar-refractivity contribution < 1.29 is 9.53 Å². The van der Waals surface area contributed by atoms with Gasteiger partial charge in [0, 0.05) is 4.88 Å². The molecule has 0 aromatic carbocycles. The van der Waals surface area contributed by atoms with E-state index in [-0.39, 0.29) is 5.69 Å². The predicted octanol–water partition coefficient (Wildman–Crippen LogP) is 1.88. The van der Waals surface area contributed by atoms with Gasteiger partial charge < -0.3 is 10.5 Å². The summed E-state index contributed by atoms with van der Waals surface area (Å²) in [5.41, 5.74) is 7.37. The lowest BCUT2D eigenvalue weighted by Crippen LogP contribution is -2.09. The maximum Gasteiger partial charge on any atom is 0.360 e. The highest BCUT2D eigenvalue weighted by Gasteiger charge is 2.24. The number of ether oxygens (including phenoxy) is 1. The van der Waals surface area contributed by atoms with Crippen LogP contribution in [-0.4, -0.2) is 27.1 Å². The normalized spacial score (nSPS) is 13.5. The van der Waals surface area contributed by atoms with Crippen LogP contribution in [0.4, 0.5) is 5.82 Å². The topological polar surface area (TPSA) is 83.0 Å². The molecule has 0 unspecified atom stereocenters. The summed E-state index contributed by atoms with van der Waals surface area (Å²) in [7, 11) is 0. The first-order valence-corrected chi connectivity index (χ1v) is 7.44. The molecule has 2 aromatic heterocycles. The monoisotopic (exact) mass is 292 g/mol. The minimum absolute atomic E-state index is 0.166. The number of anilines is 1. The minimum atomic E-state index is -0.490. The molecule has 6 nitrogen and oxygen atoms in total. The van der Waals surface area contributed by atoms with Crippen LogP contribution in [-0.2, 0) is 17.6 Å². The van der Waals surface area contributed by atoms with Crippen LogP contribution in [0, 0.1) is 6.92 Å². The van der Waals surface area contributed by atoms with E-state index in [4.69, 9.17) is 10.5 Å². The zero-order valence-electron chi connectivity index (χ0n) is 11.5. The summed E-state index contributed by atoms with van der Waals surface area (Å²) < 4.78 is 6.69. The molecule has 3 rings (SSSR count). The highest BCUT2D eigenvalue weighted by molar-refractivity contribution is 7.14. The quantitative estimate of drug-likeness (QED) is 0.873. The Bertz CT molecular complexity index is 653. The van der Waals surface area contributed by atoms with E-state index in [0.717, 1.165) is 23.7 Å². The van der Waals surface area contributed by atoms with Crippen molar-refractivity contribution in [3.05, 3.63) is 22.1 Å². The maximum absolute atomic E-state index is 11.8. The highest BCUT2D eigenvalue weighted by Crippen LogP contribution is 2.32. The Hall–Kier alpha value is -1.89. The number of hydrogen-bond donors (Lipinski definition) is 1. The number of aryl methyl sites for hydroxylation is 3. The summed E-state index contributed by atoms with van der Waals surface area (Å²) in [6.45, 7) is 3.87. The lowest BCUT2D eigenvalue weighted by molar-refractivity contribution is 0.0521. The molecule has 2 aromatic rings. The Kier molecular flexibility index (Phi) is 3.21. The molecule has 0 fully saturated rings. The van der Waals surface area contributed by atoms with Gasteiger partial charge in [-0.25, -0.2) is 14.8 Å². The van der Waals surface area contributed by atoms with Crippen molar-refractivity contribution in [3.63, 3.8) is 0 Å². The third kappa shape index (κ3) is 1.98. The fourth-order valence-electron chi connectivity index (χ4n) is 2.41. The summed E-state index contributed by atoms with van der Waals surface area (Å²) in [4.78, 5) is 21.9. The van der Waals surface area contributed by atoms with Gasteiger partial charge >= 0.3 is 5.97 Å². The van der Waals surface area contributed by atoms with Gasteiger partial charge in [0.05, 0.1) is 12.3 Å². The molecule has 1 aliphatic carbocycles. The molecule has 0 aliphatic heterocycles. The molecule has 106 valence electrons. The van der Waals surface area contributed by atoms with Crippen molar-refractivity contribution in [1.29, 1.82) is 0 Å². The first-order valence-electron chi connectivity index (χ1n) is 6.62. The van der Waals surface area contributed by atoms with Crippen LogP contribution < -0.4 is 5.73 Å². The van der Waals surface area contributed by atoms with E-state index >= 15 is 0 Å². The van der Waals surface area contributed by atoms with Gasteiger partial charge in [-0.05, 0) is 33.1 Å². The fourth-order valence-corrected chi connectivity index (χ4v) is 3.62. The summed E-state index contributed by atoms with van der Waals surface area (Å²) in [6, 6.07) is 0. The van der Waals surface area contributed by atoms with E-state index < -0.39 is 5.97 Å². The van der Waals surface area contributed by atoms with Crippen LogP contribution in [0.5, 0.6) is 0 Å². The zero-order valence-corrected chi connectivity index (χ0v) is 12.3. The molecule has 0 saturated heterocycles. The fraction of sp³-hybridized carbons (Fsp3) is 0.462. The van der Waals surface area contributed by atoms with Crippen LogP contribution in [0.15, 0.2) is 0 Å². The van der Waals surface area contributed by atoms with Crippen molar-refractivity contribution in [2.45, 2.75) is 33.1 Å². The Morgan fingerprint density at radius 3 is 2.95 bits per heavy atom. The first-order chi connectivity index (χ1) is 9.61. The van der Waals surface area contributed by atoms with E-state index in [1.54, 1.807) is 22.8 Å². The molecule has 2 heterocycles. The molecule has 0 amide bonds. The number of nitrogens with zero attached hydrogens (tertiary/aromatic N) is 3. The molecule has 0 bridgehead atoms. The number of rotatable bonds is 3. The highest BCUT2D eigenvalue weighted by atomic mass is 32.1. The van der Waals surface area contributed by atoms with Gasteiger partial charge in [0.2, 0.25) is 0 Å². The molecule has 2 N–H and O–H groups in total. The smallest absolute Gasteiger partial charge is 0.360 e. The molecule has 0 atom stereocenters. The minimum Gasteiger partial charge on any atom is -0.461 e. The summed E-state index contributed by atoms with van der Waals surface area (Å²) >= 11 is 1.62. The molecule has 7 heteroatoms. The largest absolute Gasteiger partial charge is 0.461 e. The zero-order chi connectivity index (χ0) is 14.3. The SMILES string of the molecule is CCOC(=O)c1nc(C)n(-c2nc3c(s2)CCC3)c1N. The van der Waals surface area contributed by atoms with Crippen molar-refractivity contribution in [2.24, 2.45) is 0 Å². The van der Waals surface area contributed by atoms with Crippen molar-refractivity contribution >= 4 is 23.1 Å². The molecule has 0 saturated carbocycles. The predicted molar refractivity (Wildman–Crippen MR) is 76.4 cm³/mol. The van der Waals surface area contributed by atoms with Gasteiger partial charge in [-0.2, -0.15) is 0 Å². The lowest BCUT2D eigenvalue weighted by Gasteiger charge is -2.03. The van der Waals surface area contributed by atoms with Crippen molar-refractivity contribution in [1.82, 2.24) is 14.5 Å². The number of carbonyl (C=O) groups is 1. The molecule has 0 radical (unpaired) electrons. The van der Waals surface area contributed by atoms with Crippen LogP contribution in [0.2, 0.25) is 0 Å². The second-order valence-corrected chi connectivity index (χ2v) is 5.73. The van der Waals surface area contributed by atoms with Crippen LogP contribution in [0.25, 0.3) is 5.13 Å². The van der Waals surface area contributed by atoms with Gasteiger partial charge in [0.1, 0.15) is 11.6 Å². The molecule has 20 heavy (non-hydrogen) atoms. The Labute approximate surface area is 120 Å². The Balaban J connectivity index is 2.03. The Morgan fingerprint density at radius 2 is 2.25 bits per heavy atom. The average Bonchev–Trinajstić information content (AvgIpc) is 3.03.